The summed E-state index contributed by atoms with van der Waals surface area (Å²) in [5.74, 6) is 2.88. The molecule has 0 spiro atoms. The van der Waals surface area contributed by atoms with Gasteiger partial charge in [0.15, 0.2) is 0 Å². The number of nitrogens with two attached hydrogens (primary N) is 1. The van der Waals surface area contributed by atoms with Crippen molar-refractivity contribution in [3.63, 3.8) is 0 Å². The lowest BCUT2D eigenvalue weighted by Gasteiger charge is -2.30. The fourth-order valence-corrected chi connectivity index (χ4v) is 3.94. The first kappa shape index (κ1) is 19.6. The van der Waals surface area contributed by atoms with Gasteiger partial charge in [0.1, 0.15) is 12.4 Å². The highest BCUT2D eigenvalue weighted by Gasteiger charge is 2.27. The number of aromatic nitrogens is 2. The van der Waals surface area contributed by atoms with Crippen LogP contribution in [0.4, 0.5) is 5.95 Å². The average Bonchev–Trinajstić information content (AvgIpc) is 2.85. The minimum Gasteiger partial charge on any atom is -0.487 e. The number of nitrogens with zero attached hydrogens (tertiary/aromatic N) is 2. The second-order valence-corrected chi connectivity index (χ2v) is 7.57. The van der Waals surface area contributed by atoms with Crippen molar-refractivity contribution in [2.24, 2.45) is 17.8 Å². The van der Waals surface area contributed by atoms with E-state index in [0.717, 1.165) is 31.0 Å². The van der Waals surface area contributed by atoms with Crippen LogP contribution in [0, 0.1) is 17.8 Å². The summed E-state index contributed by atoms with van der Waals surface area (Å²) in [7, 11) is 0. The Labute approximate surface area is 162 Å². The molecule has 2 aliphatic rings. The van der Waals surface area contributed by atoms with Gasteiger partial charge < -0.3 is 15.8 Å². The Kier molecular flexibility index (Phi) is 7.04. The lowest BCUT2D eigenvalue weighted by Crippen LogP contribution is -2.28. The van der Waals surface area contributed by atoms with Crippen LogP contribution in [0.5, 0.6) is 0 Å². The highest BCUT2D eigenvalue weighted by Crippen LogP contribution is 2.36. The molecule has 0 radical (unpaired) electrons. The lowest BCUT2D eigenvalue weighted by atomic mass is 9.79. The first-order chi connectivity index (χ1) is 13.2. The molecular weight excluding hydrogens is 336 g/mol. The second-order valence-electron chi connectivity index (χ2n) is 7.57. The molecule has 1 aliphatic carbocycles. The van der Waals surface area contributed by atoms with E-state index < -0.39 is 0 Å². The Bertz CT molecular complexity index is 710. The van der Waals surface area contributed by atoms with Crippen LogP contribution >= 0.6 is 0 Å². The molecule has 3 atom stereocenters. The molecule has 146 valence electrons. The van der Waals surface area contributed by atoms with Crippen molar-refractivity contribution in [2.75, 3.05) is 18.8 Å². The summed E-state index contributed by atoms with van der Waals surface area (Å²) in [4.78, 5) is 8.22. The van der Waals surface area contributed by atoms with Crippen molar-refractivity contribution >= 4 is 5.95 Å². The topological polar surface area (TPSA) is 73.1 Å². The van der Waals surface area contributed by atoms with Crippen molar-refractivity contribution in [3.8, 4) is 0 Å². The number of allylic oxidation sites excluding steroid dienone is 5. The molecule has 5 nitrogen and oxygen atoms in total. The average molecular weight is 369 g/mol. The molecule has 5 heteroatoms. The number of ether oxygens (including phenoxy) is 1. The fourth-order valence-electron chi connectivity index (χ4n) is 3.94. The maximum atomic E-state index is 6.26. The van der Waals surface area contributed by atoms with Crippen LogP contribution in [0.25, 0.3) is 0 Å². The number of anilines is 1. The largest absolute Gasteiger partial charge is 0.487 e. The third-order valence-corrected chi connectivity index (χ3v) is 5.59. The molecule has 3 N–H and O–H groups in total. The van der Waals surface area contributed by atoms with E-state index in [1.165, 1.54) is 24.8 Å². The van der Waals surface area contributed by atoms with Gasteiger partial charge in [-0.3, -0.25) is 0 Å². The lowest BCUT2D eigenvalue weighted by molar-refractivity contribution is 0.190. The van der Waals surface area contributed by atoms with Gasteiger partial charge in [0.25, 0.3) is 0 Å². The Morgan fingerprint density at radius 3 is 3.00 bits per heavy atom. The number of hydrogen-bond acceptors (Lipinski definition) is 5. The molecular formula is C22H32N4O. The van der Waals surface area contributed by atoms with Gasteiger partial charge in [-0.05, 0) is 74.2 Å². The highest BCUT2D eigenvalue weighted by atomic mass is 16.5. The second kappa shape index (κ2) is 9.70. The van der Waals surface area contributed by atoms with Crippen LogP contribution in [-0.2, 0) is 11.3 Å². The maximum Gasteiger partial charge on any atom is 0.220 e. The van der Waals surface area contributed by atoms with E-state index >= 15 is 0 Å². The molecule has 0 amide bonds. The molecule has 0 aromatic carbocycles. The Morgan fingerprint density at radius 1 is 1.30 bits per heavy atom. The van der Waals surface area contributed by atoms with E-state index in [4.69, 9.17) is 10.5 Å². The van der Waals surface area contributed by atoms with Crippen LogP contribution in [0.2, 0.25) is 0 Å². The first-order valence-electron chi connectivity index (χ1n) is 10.2. The van der Waals surface area contributed by atoms with Crippen LogP contribution in [0.1, 0.15) is 45.2 Å². The first-order valence-corrected chi connectivity index (χ1v) is 10.2. The van der Waals surface area contributed by atoms with Gasteiger partial charge in [-0.2, -0.15) is 0 Å². The Balaban J connectivity index is 1.82. The molecule has 0 bridgehead atoms. The van der Waals surface area contributed by atoms with Crippen LogP contribution in [0.3, 0.4) is 0 Å². The highest BCUT2D eigenvalue weighted by molar-refractivity contribution is 5.36. The van der Waals surface area contributed by atoms with E-state index in [1.807, 2.05) is 6.07 Å². The standard InChI is InChI=1S/C22H32N4O/c1-3-17-6-4-8-21(27-15-18-10-13-25-22(23)26-18)20(14-17)19-7-5-11-24-12-9-16(19)2/h4,6,8,10,13-14,16-17,19,24H,3,5,7,9,11-12,15H2,1-2H3,(H2,23,25,26). The maximum absolute atomic E-state index is 6.26. The number of nitrogen functional groups attached to an aromatic ring is 1. The molecule has 1 fully saturated rings. The van der Waals surface area contributed by atoms with Crippen LogP contribution < -0.4 is 11.1 Å². The summed E-state index contributed by atoms with van der Waals surface area (Å²) in [6.07, 6.45) is 15.3. The van der Waals surface area contributed by atoms with Gasteiger partial charge in [0, 0.05) is 6.20 Å². The third-order valence-electron chi connectivity index (χ3n) is 5.59. The zero-order valence-corrected chi connectivity index (χ0v) is 16.5. The minimum absolute atomic E-state index is 0.286. The van der Waals surface area contributed by atoms with Crippen molar-refractivity contribution in [2.45, 2.75) is 46.1 Å². The van der Waals surface area contributed by atoms with Gasteiger partial charge in [0.05, 0.1) is 5.69 Å². The van der Waals surface area contributed by atoms with E-state index in [-0.39, 0.29) is 5.95 Å². The fraction of sp³-hybridized carbons (Fsp3) is 0.545. The summed E-state index contributed by atoms with van der Waals surface area (Å²) in [5, 5.41) is 3.53. The monoisotopic (exact) mass is 368 g/mol. The molecule has 1 aliphatic heterocycles. The molecule has 3 unspecified atom stereocenters. The summed E-state index contributed by atoms with van der Waals surface area (Å²) < 4.78 is 6.26. The molecule has 27 heavy (non-hydrogen) atoms. The summed E-state index contributed by atoms with van der Waals surface area (Å²) >= 11 is 0. The number of nitrogens with one attached hydrogen (secondary N) is 1. The predicted octanol–water partition coefficient (Wildman–Crippen LogP) is 4.01. The molecule has 1 aromatic rings. The predicted molar refractivity (Wildman–Crippen MR) is 110 cm³/mol. The third kappa shape index (κ3) is 5.42. The van der Waals surface area contributed by atoms with Gasteiger partial charge in [-0.1, -0.05) is 32.1 Å². The van der Waals surface area contributed by atoms with Crippen molar-refractivity contribution in [3.05, 3.63) is 53.6 Å². The normalized spacial score (nSPS) is 26.4. The Morgan fingerprint density at radius 2 is 2.19 bits per heavy atom. The quantitative estimate of drug-likeness (QED) is 0.821. The zero-order valence-electron chi connectivity index (χ0n) is 16.5. The van der Waals surface area contributed by atoms with E-state index in [9.17, 15) is 0 Å². The van der Waals surface area contributed by atoms with Gasteiger partial charge in [-0.15, -0.1) is 0 Å². The smallest absolute Gasteiger partial charge is 0.220 e. The zero-order chi connectivity index (χ0) is 19.1. The molecule has 2 heterocycles. The molecule has 1 saturated heterocycles. The summed E-state index contributed by atoms with van der Waals surface area (Å²) in [6, 6.07) is 1.85. The minimum atomic E-state index is 0.286. The van der Waals surface area contributed by atoms with Gasteiger partial charge >= 0.3 is 0 Å². The summed E-state index contributed by atoms with van der Waals surface area (Å²) in [5.41, 5.74) is 7.87. The van der Waals surface area contributed by atoms with Crippen LogP contribution in [0.15, 0.2) is 47.9 Å². The van der Waals surface area contributed by atoms with Crippen LogP contribution in [-0.4, -0.2) is 23.1 Å². The van der Waals surface area contributed by atoms with Gasteiger partial charge in [0.2, 0.25) is 5.95 Å². The SMILES string of the molecule is CCC1C=CC=C(OCc2ccnc(N)n2)C(C2CCCNCCC2C)=C1. The summed E-state index contributed by atoms with van der Waals surface area (Å²) in [6.45, 7) is 7.22. The van der Waals surface area contributed by atoms with E-state index in [1.54, 1.807) is 6.20 Å². The van der Waals surface area contributed by atoms with E-state index in [2.05, 4.69) is 53.4 Å². The van der Waals surface area contributed by atoms with Crippen molar-refractivity contribution in [1.82, 2.24) is 15.3 Å². The molecule has 0 saturated carbocycles. The van der Waals surface area contributed by atoms with Crippen molar-refractivity contribution in [1.29, 1.82) is 0 Å². The molecule has 3 rings (SSSR count). The molecule has 1 aromatic heterocycles. The van der Waals surface area contributed by atoms with E-state index in [0.29, 0.717) is 24.4 Å². The number of hydrogen-bond donors (Lipinski definition) is 2. The van der Waals surface area contributed by atoms with Crippen molar-refractivity contribution < 1.29 is 4.74 Å². The van der Waals surface area contributed by atoms with Gasteiger partial charge in [-0.25, -0.2) is 9.97 Å². The number of rotatable bonds is 5. The Hall–Kier alpha value is -2.14.